The summed E-state index contributed by atoms with van der Waals surface area (Å²) in [5.74, 6) is 0.272. The van der Waals surface area contributed by atoms with Crippen LogP contribution in [0.3, 0.4) is 0 Å². The third-order valence-electron chi connectivity index (χ3n) is 5.77. The van der Waals surface area contributed by atoms with E-state index in [9.17, 15) is 13.2 Å². The molecular weight excluding hydrogens is 426 g/mol. The Morgan fingerprint density at radius 2 is 1.91 bits per heavy atom. The second kappa shape index (κ2) is 9.75. The van der Waals surface area contributed by atoms with Crippen LogP contribution in [0.1, 0.15) is 38.2 Å². The van der Waals surface area contributed by atoms with Crippen LogP contribution in [0.5, 0.6) is 5.75 Å². The van der Waals surface area contributed by atoms with E-state index >= 15 is 0 Å². The highest BCUT2D eigenvalue weighted by atomic mass is 32.2. The fourth-order valence-corrected chi connectivity index (χ4v) is 5.65. The zero-order valence-electron chi connectivity index (χ0n) is 18.3. The van der Waals surface area contributed by atoms with Crippen LogP contribution >= 0.6 is 0 Å². The van der Waals surface area contributed by atoms with Gasteiger partial charge in [-0.15, -0.1) is 0 Å². The fraction of sp³-hybridized carbons (Fsp3) is 0.375. The van der Waals surface area contributed by atoms with E-state index in [4.69, 9.17) is 4.74 Å². The van der Waals surface area contributed by atoms with Crippen molar-refractivity contribution in [1.82, 2.24) is 9.29 Å². The monoisotopic (exact) mass is 455 g/mol. The molecule has 0 bridgehead atoms. The second-order valence-corrected chi connectivity index (χ2v) is 9.90. The zero-order valence-corrected chi connectivity index (χ0v) is 19.1. The van der Waals surface area contributed by atoms with E-state index in [-0.39, 0.29) is 17.2 Å². The Hall–Kier alpha value is -2.84. The lowest BCUT2D eigenvalue weighted by Crippen LogP contribution is -2.35. The van der Waals surface area contributed by atoms with Gasteiger partial charge in [0.1, 0.15) is 5.75 Å². The first-order chi connectivity index (χ1) is 15.5. The molecule has 0 saturated carbocycles. The van der Waals surface area contributed by atoms with Gasteiger partial charge in [-0.2, -0.15) is 4.31 Å². The molecule has 3 aromatic rings. The number of amides is 1. The predicted molar refractivity (Wildman–Crippen MR) is 125 cm³/mol. The van der Waals surface area contributed by atoms with E-state index in [1.54, 1.807) is 12.1 Å². The summed E-state index contributed by atoms with van der Waals surface area (Å²) in [6.45, 7) is 3.32. The summed E-state index contributed by atoms with van der Waals surface area (Å²) in [6, 6.07) is 12.7. The average molecular weight is 456 g/mol. The van der Waals surface area contributed by atoms with E-state index in [2.05, 4.69) is 10.3 Å². The maximum absolute atomic E-state index is 13.1. The van der Waals surface area contributed by atoms with Gasteiger partial charge in [0.2, 0.25) is 15.9 Å². The second-order valence-electron chi connectivity index (χ2n) is 7.96. The molecule has 2 aromatic carbocycles. The molecule has 0 unspecified atom stereocenters. The standard InChI is InChI=1S/C24H29N3O4S/c1-2-31-23-12-11-19(32(29,30)27-14-6-3-7-15-27)16-22(23)26-24(28)13-10-18-17-25-21-9-5-4-8-20(18)21/h4-5,8-9,11-12,16-17,25H,2-3,6-7,10,13-15H2,1H3,(H,26,28). The SMILES string of the molecule is CCOc1ccc(S(=O)(=O)N2CCCCC2)cc1NC(=O)CCc1c[nH]c2ccccc12. The van der Waals surface area contributed by atoms with Crippen molar-refractivity contribution in [3.63, 3.8) is 0 Å². The number of aromatic amines is 1. The van der Waals surface area contributed by atoms with Crippen LogP contribution in [0.25, 0.3) is 10.9 Å². The van der Waals surface area contributed by atoms with Crippen LogP contribution in [-0.4, -0.2) is 43.3 Å². The number of aryl methyl sites for hydroxylation is 1. The van der Waals surface area contributed by atoms with Crippen molar-refractivity contribution in [3.05, 3.63) is 54.2 Å². The summed E-state index contributed by atoms with van der Waals surface area (Å²) in [5, 5.41) is 3.97. The number of H-pyrrole nitrogens is 1. The van der Waals surface area contributed by atoms with Gasteiger partial charge >= 0.3 is 0 Å². The van der Waals surface area contributed by atoms with Crippen molar-refractivity contribution in [2.24, 2.45) is 0 Å². The Morgan fingerprint density at radius 1 is 1.12 bits per heavy atom. The highest BCUT2D eigenvalue weighted by Crippen LogP contribution is 2.30. The van der Waals surface area contributed by atoms with E-state index in [0.29, 0.717) is 37.6 Å². The number of nitrogens with zero attached hydrogens (tertiary/aromatic N) is 1. The van der Waals surface area contributed by atoms with Gasteiger partial charge < -0.3 is 15.0 Å². The zero-order chi connectivity index (χ0) is 22.6. The third-order valence-corrected chi connectivity index (χ3v) is 7.67. The Balaban J connectivity index is 1.50. The van der Waals surface area contributed by atoms with Crippen molar-refractivity contribution < 1.29 is 17.9 Å². The Labute approximate surface area is 188 Å². The van der Waals surface area contributed by atoms with Crippen molar-refractivity contribution in [2.45, 2.75) is 43.9 Å². The van der Waals surface area contributed by atoms with E-state index in [1.807, 2.05) is 37.4 Å². The number of rotatable bonds is 8. The molecule has 1 saturated heterocycles. The number of ether oxygens (including phenoxy) is 1. The lowest BCUT2D eigenvalue weighted by molar-refractivity contribution is -0.116. The van der Waals surface area contributed by atoms with Crippen molar-refractivity contribution >= 4 is 32.5 Å². The molecule has 1 amide bonds. The first kappa shape index (κ1) is 22.4. The van der Waals surface area contributed by atoms with Crippen LogP contribution in [0.15, 0.2) is 53.6 Å². The lowest BCUT2D eigenvalue weighted by Gasteiger charge is -2.26. The minimum absolute atomic E-state index is 0.176. The summed E-state index contributed by atoms with van der Waals surface area (Å²) in [4.78, 5) is 16.1. The van der Waals surface area contributed by atoms with Gasteiger partial charge in [0.15, 0.2) is 0 Å². The molecule has 2 N–H and O–H groups in total. The predicted octanol–water partition coefficient (Wildman–Crippen LogP) is 4.31. The largest absolute Gasteiger partial charge is 0.492 e. The number of benzene rings is 2. The molecule has 1 aliphatic rings. The molecule has 4 rings (SSSR count). The van der Waals surface area contributed by atoms with Gasteiger partial charge in [0.25, 0.3) is 0 Å². The molecule has 0 spiro atoms. The number of hydrogen-bond acceptors (Lipinski definition) is 4. The molecule has 1 aromatic heterocycles. The molecule has 32 heavy (non-hydrogen) atoms. The number of hydrogen-bond donors (Lipinski definition) is 2. The van der Waals surface area contributed by atoms with Gasteiger partial charge in [-0.05, 0) is 56.0 Å². The van der Waals surface area contributed by atoms with Gasteiger partial charge in [-0.3, -0.25) is 4.79 Å². The number of sulfonamides is 1. The van der Waals surface area contributed by atoms with E-state index in [1.165, 1.54) is 10.4 Å². The molecule has 170 valence electrons. The molecule has 0 atom stereocenters. The Kier molecular flexibility index (Phi) is 6.81. The minimum atomic E-state index is -3.60. The number of para-hydroxylation sites is 1. The van der Waals surface area contributed by atoms with Crippen LogP contribution < -0.4 is 10.1 Å². The highest BCUT2D eigenvalue weighted by Gasteiger charge is 2.27. The summed E-state index contributed by atoms with van der Waals surface area (Å²) < 4.78 is 33.3. The summed E-state index contributed by atoms with van der Waals surface area (Å²) in [7, 11) is -3.60. The van der Waals surface area contributed by atoms with Gasteiger partial charge in [-0.25, -0.2) is 8.42 Å². The van der Waals surface area contributed by atoms with Crippen molar-refractivity contribution in [3.8, 4) is 5.75 Å². The van der Waals surface area contributed by atoms with Gasteiger partial charge in [0, 0.05) is 36.6 Å². The first-order valence-corrected chi connectivity index (χ1v) is 12.5. The quantitative estimate of drug-likeness (QED) is 0.529. The number of anilines is 1. The Morgan fingerprint density at radius 3 is 2.69 bits per heavy atom. The molecule has 1 fully saturated rings. The van der Waals surface area contributed by atoms with Crippen LogP contribution in [0.2, 0.25) is 0 Å². The highest BCUT2D eigenvalue weighted by molar-refractivity contribution is 7.89. The number of nitrogens with one attached hydrogen (secondary N) is 2. The summed E-state index contributed by atoms with van der Waals surface area (Å²) >= 11 is 0. The topological polar surface area (TPSA) is 91.5 Å². The van der Waals surface area contributed by atoms with Gasteiger partial charge in [0.05, 0.1) is 17.2 Å². The van der Waals surface area contributed by atoms with Crippen molar-refractivity contribution in [1.29, 1.82) is 0 Å². The molecule has 0 radical (unpaired) electrons. The first-order valence-electron chi connectivity index (χ1n) is 11.1. The smallest absolute Gasteiger partial charge is 0.243 e. The maximum Gasteiger partial charge on any atom is 0.243 e. The lowest BCUT2D eigenvalue weighted by atomic mass is 10.1. The normalized spacial score (nSPS) is 15.0. The molecule has 0 aliphatic carbocycles. The van der Waals surface area contributed by atoms with Gasteiger partial charge in [-0.1, -0.05) is 24.6 Å². The van der Waals surface area contributed by atoms with E-state index in [0.717, 1.165) is 35.7 Å². The maximum atomic E-state index is 13.1. The summed E-state index contributed by atoms with van der Waals surface area (Å²) in [6.07, 6.45) is 5.56. The number of piperidine rings is 1. The Bertz CT molecular complexity index is 1200. The molecule has 2 heterocycles. The molecular formula is C24H29N3O4S. The van der Waals surface area contributed by atoms with Crippen molar-refractivity contribution in [2.75, 3.05) is 25.0 Å². The molecule has 8 heteroatoms. The van der Waals surface area contributed by atoms with E-state index < -0.39 is 10.0 Å². The third kappa shape index (κ3) is 4.81. The average Bonchev–Trinajstić information content (AvgIpc) is 3.22. The number of carbonyl (C=O) groups excluding carboxylic acids is 1. The minimum Gasteiger partial charge on any atom is -0.492 e. The fourth-order valence-electron chi connectivity index (χ4n) is 4.10. The number of carbonyl (C=O) groups is 1. The van der Waals surface area contributed by atoms with Crippen LogP contribution in [0, 0.1) is 0 Å². The molecule has 7 nitrogen and oxygen atoms in total. The number of fused-ring (bicyclic) bond motifs is 1. The van der Waals surface area contributed by atoms with Crippen LogP contribution in [0.4, 0.5) is 5.69 Å². The number of aromatic nitrogens is 1. The molecule has 1 aliphatic heterocycles. The van der Waals surface area contributed by atoms with Crippen LogP contribution in [-0.2, 0) is 21.2 Å². The summed E-state index contributed by atoms with van der Waals surface area (Å²) in [5.41, 5.74) is 2.49.